The third-order valence-electron chi connectivity index (χ3n) is 8.01. The molecule has 0 nitrogen and oxygen atoms in total. The molecule has 5 rings (SSSR count). The van der Waals surface area contributed by atoms with Gasteiger partial charge in [-0.15, -0.1) is 18.1 Å². The molecule has 0 bridgehead atoms. The average molecular weight is 531 g/mol. The molecule has 1 unspecified atom stereocenters. The van der Waals surface area contributed by atoms with Crippen molar-refractivity contribution in [3.63, 3.8) is 0 Å². The van der Waals surface area contributed by atoms with E-state index >= 15 is 0 Å². The summed E-state index contributed by atoms with van der Waals surface area (Å²) in [5.41, 5.74) is 11.2. The Labute approximate surface area is 230 Å². The van der Waals surface area contributed by atoms with E-state index in [9.17, 15) is 0 Å². The molecule has 1 saturated heterocycles. The second-order valence-corrected chi connectivity index (χ2v) is 14.9. The summed E-state index contributed by atoms with van der Waals surface area (Å²) < 4.78 is 0. The molecule has 1 atom stereocenters. The van der Waals surface area contributed by atoms with Crippen LogP contribution in [0.1, 0.15) is 71.1 Å². The first-order valence-corrected chi connectivity index (χ1v) is 14.4. The van der Waals surface area contributed by atoms with Crippen molar-refractivity contribution in [1.29, 1.82) is 0 Å². The third kappa shape index (κ3) is 5.49. The van der Waals surface area contributed by atoms with Gasteiger partial charge in [-0.05, 0) is 11.1 Å². The van der Waals surface area contributed by atoms with Gasteiger partial charge in [-0.2, -0.15) is 35.4 Å². The monoisotopic (exact) mass is 530 g/mol. The van der Waals surface area contributed by atoms with Crippen LogP contribution in [-0.4, -0.2) is 8.07 Å². The van der Waals surface area contributed by atoms with E-state index in [2.05, 4.69) is 96.1 Å². The first kappa shape index (κ1) is 30.5. The van der Waals surface area contributed by atoms with E-state index in [1.54, 1.807) is 5.56 Å². The molecule has 1 aliphatic heterocycles. The van der Waals surface area contributed by atoms with E-state index < -0.39 is 8.07 Å². The van der Waals surface area contributed by atoms with E-state index in [-0.39, 0.29) is 51.9 Å². The molecule has 0 saturated carbocycles. The predicted octanol–water partition coefficient (Wildman–Crippen LogP) is 2.52. The summed E-state index contributed by atoms with van der Waals surface area (Å²) in [6.07, 6.45) is 6.25. The van der Waals surface area contributed by atoms with Crippen LogP contribution in [0.3, 0.4) is 0 Å². The summed E-state index contributed by atoms with van der Waals surface area (Å²) >= 11 is 0. The van der Waals surface area contributed by atoms with Crippen molar-refractivity contribution in [1.82, 2.24) is 0 Å². The summed E-state index contributed by atoms with van der Waals surface area (Å²) in [5.74, 6) is 0. The molecular weight excluding hydrogens is 495 g/mol. The molecule has 1 fully saturated rings. The Balaban J connectivity index is 0.000000364. The smallest absolute Gasteiger partial charge is 1.00 e. The van der Waals surface area contributed by atoms with Crippen molar-refractivity contribution in [2.75, 3.05) is 0 Å². The van der Waals surface area contributed by atoms with Crippen LogP contribution >= 0.6 is 0 Å². The minimum Gasteiger partial charge on any atom is -1.00 e. The number of rotatable bonds is 3. The minimum atomic E-state index is -1.14. The standard InChI is InChI=1S/C19H21Si.C10H15.2ClH.Ti/c1-2-12-20(13-7-14-20)19-17-10-5-3-8-15(17)16-9-4-6-11-18(16)19;1-7-6-10(4,5)9(3)8(7)2;;;/h3-6,8-10,19H,2,7,12-14H2,1H3;1-5H3;2*1H;/q2*-1;;;+4/p-2. The number of hydrogen-bond acceptors (Lipinski definition) is 0. The first-order valence-electron chi connectivity index (χ1n) is 11.7. The molecule has 3 aliphatic rings. The van der Waals surface area contributed by atoms with Gasteiger partial charge in [0.25, 0.3) is 0 Å². The topological polar surface area (TPSA) is 0 Å². The van der Waals surface area contributed by atoms with Crippen LogP contribution < -0.4 is 24.8 Å². The van der Waals surface area contributed by atoms with E-state index in [4.69, 9.17) is 0 Å². The predicted molar refractivity (Wildman–Crippen MR) is 132 cm³/mol. The van der Waals surface area contributed by atoms with Crippen LogP contribution in [0.5, 0.6) is 0 Å². The van der Waals surface area contributed by atoms with Gasteiger partial charge in [0.15, 0.2) is 0 Å². The number of benzene rings is 2. The van der Waals surface area contributed by atoms with Gasteiger partial charge in [-0.1, -0.05) is 101 Å². The molecule has 0 amide bonds. The Kier molecular flexibility index (Phi) is 11.0. The van der Waals surface area contributed by atoms with Crippen molar-refractivity contribution in [2.24, 2.45) is 5.41 Å². The zero-order valence-corrected chi connectivity index (χ0v) is 25.0. The quantitative estimate of drug-likeness (QED) is 0.422. The molecule has 0 N–H and O–H groups in total. The second kappa shape index (κ2) is 11.9. The molecule has 0 radical (unpaired) electrons. The number of halogens is 2. The van der Waals surface area contributed by atoms with Crippen molar-refractivity contribution in [3.8, 4) is 11.1 Å². The fraction of sp³-hybridized carbons (Fsp3) is 0.448. The molecule has 0 aromatic heterocycles. The Morgan fingerprint density at radius 2 is 1.61 bits per heavy atom. The molecule has 1 heterocycles. The maximum atomic E-state index is 3.61. The summed E-state index contributed by atoms with van der Waals surface area (Å²) in [4.78, 5) is 0. The van der Waals surface area contributed by atoms with E-state index in [1.165, 1.54) is 64.4 Å². The van der Waals surface area contributed by atoms with Crippen LogP contribution in [-0.2, 0) is 21.7 Å². The van der Waals surface area contributed by atoms with Crippen molar-refractivity contribution < 1.29 is 46.5 Å². The summed E-state index contributed by atoms with van der Waals surface area (Å²) in [6.45, 7) is 13.3. The van der Waals surface area contributed by atoms with Gasteiger partial charge >= 0.3 is 21.7 Å². The van der Waals surface area contributed by atoms with E-state index in [0.717, 1.165) is 5.54 Å². The van der Waals surface area contributed by atoms with Gasteiger partial charge in [0.05, 0.1) is 8.07 Å². The molecule has 0 spiro atoms. The van der Waals surface area contributed by atoms with Gasteiger partial charge < -0.3 is 24.8 Å². The zero-order chi connectivity index (χ0) is 21.5. The second-order valence-electron chi connectivity index (χ2n) is 10.1. The Morgan fingerprint density at radius 1 is 0.970 bits per heavy atom. The normalized spacial score (nSPS) is 20.4. The average Bonchev–Trinajstić information content (AvgIpc) is 3.13. The zero-order valence-electron chi connectivity index (χ0n) is 20.9. The first-order chi connectivity index (χ1) is 14.3. The van der Waals surface area contributed by atoms with E-state index in [1.807, 2.05) is 0 Å². The molecular formula is C29H36Cl2SiTi. The minimum absolute atomic E-state index is 0. The van der Waals surface area contributed by atoms with Crippen molar-refractivity contribution in [3.05, 3.63) is 82.5 Å². The van der Waals surface area contributed by atoms with Crippen LogP contribution in [0, 0.1) is 17.6 Å². The van der Waals surface area contributed by atoms with Gasteiger partial charge in [0.2, 0.25) is 0 Å². The summed E-state index contributed by atoms with van der Waals surface area (Å²) in [5, 5.41) is 0. The molecule has 174 valence electrons. The van der Waals surface area contributed by atoms with Crippen LogP contribution in [0.15, 0.2) is 59.2 Å². The number of allylic oxidation sites excluding steroid dienone is 4. The Bertz CT molecular complexity index is 972. The van der Waals surface area contributed by atoms with Gasteiger partial charge in [0.1, 0.15) is 0 Å². The largest absolute Gasteiger partial charge is 4.00 e. The number of fused-ring (bicyclic) bond motifs is 3. The van der Waals surface area contributed by atoms with Gasteiger partial charge in [-0.3, -0.25) is 6.08 Å². The molecule has 4 heteroatoms. The SMILES string of the molecule is CC1=[C-]C(C)(C)C(C)=C1C.CCC[Si]1(C2c3[c-]cccc3-c3ccccc32)CCC1.[Cl-].[Cl-].[Ti+4]. The maximum Gasteiger partial charge on any atom is 4.00 e. The van der Waals surface area contributed by atoms with Crippen LogP contribution in [0.2, 0.25) is 18.1 Å². The fourth-order valence-electron chi connectivity index (χ4n) is 5.93. The van der Waals surface area contributed by atoms with Crippen molar-refractivity contribution >= 4 is 8.07 Å². The molecule has 2 aromatic rings. The van der Waals surface area contributed by atoms with Crippen LogP contribution in [0.25, 0.3) is 11.1 Å². The Hall–Kier alpha value is -0.569. The molecule has 2 aliphatic carbocycles. The van der Waals surface area contributed by atoms with Crippen molar-refractivity contribution in [2.45, 2.75) is 78.1 Å². The number of hydrogen-bond donors (Lipinski definition) is 0. The summed E-state index contributed by atoms with van der Waals surface area (Å²) in [7, 11) is -1.14. The maximum absolute atomic E-state index is 3.61. The third-order valence-corrected chi connectivity index (χ3v) is 14.0. The van der Waals surface area contributed by atoms with Gasteiger partial charge in [0, 0.05) is 0 Å². The summed E-state index contributed by atoms with van der Waals surface area (Å²) in [6, 6.07) is 23.8. The Morgan fingerprint density at radius 3 is 2.09 bits per heavy atom. The molecule has 2 aromatic carbocycles. The van der Waals surface area contributed by atoms with Gasteiger partial charge in [-0.25, -0.2) is 5.57 Å². The fourth-order valence-corrected chi connectivity index (χ4v) is 11.3. The van der Waals surface area contributed by atoms with Crippen LogP contribution in [0.4, 0.5) is 0 Å². The molecule has 33 heavy (non-hydrogen) atoms. The van der Waals surface area contributed by atoms with E-state index in [0.29, 0.717) is 0 Å².